The molecule has 1 amide bonds. The van der Waals surface area contributed by atoms with Crippen LogP contribution in [0.3, 0.4) is 0 Å². The lowest BCUT2D eigenvalue weighted by molar-refractivity contribution is -0.134. The molecule has 1 aliphatic carbocycles. The molecule has 7 nitrogen and oxygen atoms in total. The van der Waals surface area contributed by atoms with Gasteiger partial charge in [0.05, 0.1) is 17.7 Å². The van der Waals surface area contributed by atoms with Crippen molar-refractivity contribution in [3.05, 3.63) is 35.4 Å². The van der Waals surface area contributed by atoms with Crippen LogP contribution in [-0.4, -0.2) is 70.7 Å². The van der Waals surface area contributed by atoms with Crippen molar-refractivity contribution >= 4 is 29.5 Å². The standard InChI is InChI=1S/C39H63N3O4S/c1-27(2)12-11-25-45-32-20-24-41(26-32)34-35(43)42(39(40-34)22-17-31(18-23-39)38(7,8)9)33(19-21-37(4,5)6)29-13-15-30(16-14-29)36(44)46-28(3)47-10/h13-16,27-28,31-33H,11-12,17-26H2,1-10H3. The van der Waals surface area contributed by atoms with Gasteiger partial charge in [0.25, 0.3) is 5.91 Å². The van der Waals surface area contributed by atoms with E-state index >= 15 is 0 Å². The van der Waals surface area contributed by atoms with Crippen LogP contribution in [-0.2, 0) is 14.3 Å². The van der Waals surface area contributed by atoms with Crippen molar-refractivity contribution in [1.82, 2.24) is 9.80 Å². The third kappa shape index (κ3) is 9.77. The van der Waals surface area contributed by atoms with Gasteiger partial charge < -0.3 is 19.3 Å². The molecule has 4 rings (SSSR count). The Morgan fingerprint density at radius 2 is 1.68 bits per heavy atom. The molecule has 2 heterocycles. The molecule has 1 aromatic carbocycles. The van der Waals surface area contributed by atoms with Crippen molar-refractivity contribution in [2.45, 2.75) is 143 Å². The van der Waals surface area contributed by atoms with Gasteiger partial charge in [-0.2, -0.15) is 0 Å². The molecule has 2 aliphatic heterocycles. The molecule has 2 fully saturated rings. The fourth-order valence-electron chi connectivity index (χ4n) is 7.45. The van der Waals surface area contributed by atoms with Gasteiger partial charge in [0.1, 0.15) is 11.1 Å². The average molecular weight is 670 g/mol. The van der Waals surface area contributed by atoms with E-state index in [2.05, 4.69) is 65.2 Å². The Hall–Kier alpha value is -2.06. The molecular weight excluding hydrogens is 607 g/mol. The van der Waals surface area contributed by atoms with Crippen molar-refractivity contribution in [1.29, 1.82) is 0 Å². The molecule has 0 bridgehead atoms. The van der Waals surface area contributed by atoms with Crippen LogP contribution < -0.4 is 0 Å². The third-order valence-electron chi connectivity index (χ3n) is 10.5. The lowest BCUT2D eigenvalue weighted by Gasteiger charge is -2.47. The number of carbonyl (C=O) groups is 2. The fraction of sp³-hybridized carbons (Fsp3) is 0.769. The molecule has 8 heteroatoms. The second-order valence-corrected chi connectivity index (χ2v) is 18.1. The van der Waals surface area contributed by atoms with Gasteiger partial charge in [-0.1, -0.05) is 67.5 Å². The Bertz CT molecular complexity index is 1220. The summed E-state index contributed by atoms with van der Waals surface area (Å²) in [5.41, 5.74) is 1.15. The number of amides is 1. The SMILES string of the molecule is CSC(C)OC(=O)c1ccc(C(CCC(C)(C)C)N2C(=O)C(N3CCC(OCCCC(C)C)C3)=NC23CCC(C(C)(C)C)CC3)cc1. The summed E-state index contributed by atoms with van der Waals surface area (Å²) in [5, 5.41) is 0. The highest BCUT2D eigenvalue weighted by Crippen LogP contribution is 2.50. The molecule has 3 atom stereocenters. The quantitative estimate of drug-likeness (QED) is 0.126. The summed E-state index contributed by atoms with van der Waals surface area (Å²) in [5.74, 6) is 1.64. The van der Waals surface area contributed by atoms with Gasteiger partial charge in [0, 0.05) is 19.7 Å². The number of thioether (sulfide) groups is 1. The number of benzene rings is 1. The molecule has 1 aromatic rings. The van der Waals surface area contributed by atoms with Crippen LogP contribution in [0.1, 0.15) is 142 Å². The highest BCUT2D eigenvalue weighted by Gasteiger charge is 2.54. The van der Waals surface area contributed by atoms with Crippen LogP contribution in [0.4, 0.5) is 0 Å². The monoisotopic (exact) mass is 669 g/mol. The Kier molecular flexibility index (Phi) is 12.6. The van der Waals surface area contributed by atoms with Crippen LogP contribution in [0.5, 0.6) is 0 Å². The average Bonchev–Trinajstić information content (AvgIpc) is 3.57. The van der Waals surface area contributed by atoms with E-state index in [-0.39, 0.29) is 40.3 Å². The zero-order chi connectivity index (χ0) is 34.6. The normalized spacial score (nSPS) is 25.1. The molecule has 47 heavy (non-hydrogen) atoms. The molecule has 0 aromatic heterocycles. The maximum atomic E-state index is 14.8. The van der Waals surface area contributed by atoms with E-state index in [0.717, 1.165) is 76.6 Å². The van der Waals surface area contributed by atoms with Gasteiger partial charge in [-0.05, 0) is 111 Å². The number of nitrogens with zero attached hydrogens (tertiary/aromatic N) is 3. The Labute approximate surface area is 290 Å². The number of carbonyl (C=O) groups excluding carboxylic acids is 2. The number of likely N-dealkylation sites (tertiary alicyclic amines) is 1. The minimum Gasteiger partial charge on any atom is -0.448 e. The predicted molar refractivity (Wildman–Crippen MR) is 195 cm³/mol. The molecule has 0 N–H and O–H groups in total. The van der Waals surface area contributed by atoms with E-state index in [1.807, 2.05) is 37.4 Å². The van der Waals surface area contributed by atoms with Gasteiger partial charge in [-0.15, -0.1) is 11.8 Å². The Morgan fingerprint density at radius 3 is 2.26 bits per heavy atom. The van der Waals surface area contributed by atoms with Crippen LogP contribution >= 0.6 is 11.8 Å². The zero-order valence-corrected chi connectivity index (χ0v) is 31.9. The van der Waals surface area contributed by atoms with Gasteiger partial charge >= 0.3 is 5.97 Å². The summed E-state index contributed by atoms with van der Waals surface area (Å²) in [6, 6.07) is 7.65. The predicted octanol–water partition coefficient (Wildman–Crippen LogP) is 9.12. The van der Waals surface area contributed by atoms with E-state index in [4.69, 9.17) is 14.5 Å². The first-order valence-corrected chi connectivity index (χ1v) is 19.5. The number of ether oxygens (including phenoxy) is 2. The first-order chi connectivity index (χ1) is 22.0. The van der Waals surface area contributed by atoms with Gasteiger partial charge in [0.2, 0.25) is 0 Å². The number of rotatable bonds is 12. The van der Waals surface area contributed by atoms with E-state index < -0.39 is 5.66 Å². The highest BCUT2D eigenvalue weighted by molar-refractivity contribution is 7.99. The smallest absolute Gasteiger partial charge is 0.339 e. The maximum Gasteiger partial charge on any atom is 0.339 e. The summed E-state index contributed by atoms with van der Waals surface area (Å²) in [7, 11) is 0. The van der Waals surface area contributed by atoms with E-state index in [9.17, 15) is 9.59 Å². The van der Waals surface area contributed by atoms with Crippen molar-refractivity contribution in [2.75, 3.05) is 26.0 Å². The minimum atomic E-state index is -0.557. The summed E-state index contributed by atoms with van der Waals surface area (Å²) in [6.07, 6.45) is 10.9. The van der Waals surface area contributed by atoms with Crippen molar-refractivity contribution in [3.8, 4) is 0 Å². The minimum absolute atomic E-state index is 0.0517. The molecular formula is C39H63N3O4S. The third-order valence-corrected chi connectivity index (χ3v) is 11.3. The summed E-state index contributed by atoms with van der Waals surface area (Å²) in [6.45, 7) is 22.5. The first-order valence-electron chi connectivity index (χ1n) is 18.2. The number of hydrogen-bond acceptors (Lipinski definition) is 7. The summed E-state index contributed by atoms with van der Waals surface area (Å²) >= 11 is 1.50. The number of esters is 1. The van der Waals surface area contributed by atoms with Gasteiger partial charge in [-0.25, -0.2) is 9.79 Å². The van der Waals surface area contributed by atoms with Crippen LogP contribution in [0.2, 0.25) is 0 Å². The van der Waals surface area contributed by atoms with Crippen molar-refractivity contribution < 1.29 is 19.1 Å². The molecule has 264 valence electrons. The lowest BCUT2D eigenvalue weighted by atomic mass is 9.69. The largest absolute Gasteiger partial charge is 0.448 e. The fourth-order valence-corrected chi connectivity index (χ4v) is 7.64. The zero-order valence-electron chi connectivity index (χ0n) is 31.1. The molecule has 1 spiro atoms. The maximum absolute atomic E-state index is 14.8. The number of hydrogen-bond donors (Lipinski definition) is 0. The van der Waals surface area contributed by atoms with Gasteiger partial charge in [-0.3, -0.25) is 4.79 Å². The van der Waals surface area contributed by atoms with Crippen LogP contribution in [0.25, 0.3) is 0 Å². The second-order valence-electron chi connectivity index (χ2n) is 16.9. The number of amidine groups is 1. The van der Waals surface area contributed by atoms with Crippen molar-refractivity contribution in [3.63, 3.8) is 0 Å². The topological polar surface area (TPSA) is 71.4 Å². The van der Waals surface area contributed by atoms with Crippen LogP contribution in [0, 0.1) is 22.7 Å². The highest BCUT2D eigenvalue weighted by atomic mass is 32.2. The van der Waals surface area contributed by atoms with Crippen molar-refractivity contribution in [2.24, 2.45) is 27.7 Å². The lowest BCUT2D eigenvalue weighted by Crippen LogP contribution is -2.52. The molecule has 0 radical (unpaired) electrons. The van der Waals surface area contributed by atoms with E-state index in [1.54, 1.807) is 0 Å². The molecule has 3 aliphatic rings. The van der Waals surface area contributed by atoms with E-state index in [0.29, 0.717) is 23.2 Å². The first kappa shape index (κ1) is 37.8. The summed E-state index contributed by atoms with van der Waals surface area (Å²) in [4.78, 5) is 37.4. The molecule has 1 saturated heterocycles. The Balaban J connectivity index is 1.64. The Morgan fingerprint density at radius 1 is 1.02 bits per heavy atom. The molecule has 3 unspecified atom stereocenters. The van der Waals surface area contributed by atoms with Crippen LogP contribution in [0.15, 0.2) is 29.3 Å². The van der Waals surface area contributed by atoms with E-state index in [1.165, 1.54) is 18.2 Å². The second kappa shape index (κ2) is 15.7. The number of aliphatic imine (C=N–C) groups is 1. The molecule has 1 saturated carbocycles. The van der Waals surface area contributed by atoms with Gasteiger partial charge in [0.15, 0.2) is 5.84 Å². The summed E-state index contributed by atoms with van der Waals surface area (Å²) < 4.78 is 11.9.